The van der Waals surface area contributed by atoms with Crippen LogP contribution in [-0.4, -0.2) is 31.1 Å². The molecule has 8 nitrogen and oxygen atoms in total. The maximum atomic E-state index is 14.2. The molecule has 1 amide bonds. The minimum absolute atomic E-state index is 0.0336. The first-order chi connectivity index (χ1) is 14.1. The molecule has 0 aliphatic rings. The number of ether oxygens (including phenoxy) is 1. The predicted octanol–water partition coefficient (Wildman–Crippen LogP) is 3.40. The highest BCUT2D eigenvalue weighted by atomic mass is 32.1. The van der Waals surface area contributed by atoms with Crippen LogP contribution in [0.4, 0.5) is 10.1 Å². The minimum atomic E-state index is -0.559. The summed E-state index contributed by atoms with van der Waals surface area (Å²) in [7, 11) is 0. The zero-order valence-electron chi connectivity index (χ0n) is 15.2. The number of amides is 1. The molecule has 10 heteroatoms. The van der Waals surface area contributed by atoms with Gasteiger partial charge < -0.3 is 10.1 Å². The van der Waals surface area contributed by atoms with Gasteiger partial charge in [-0.1, -0.05) is 0 Å². The summed E-state index contributed by atoms with van der Waals surface area (Å²) in [5.74, 6) is 0.149. The number of benzene rings is 2. The van der Waals surface area contributed by atoms with Crippen molar-refractivity contribution < 1.29 is 13.9 Å². The summed E-state index contributed by atoms with van der Waals surface area (Å²) >= 11 is 1.50. The second-order valence-corrected chi connectivity index (χ2v) is 6.77. The molecule has 0 saturated heterocycles. The number of anilines is 1. The first kappa shape index (κ1) is 18.7. The molecule has 1 N–H and O–H groups in total. The normalized spacial score (nSPS) is 10.7. The number of carbonyl (C=O) groups excluding carboxylic acids is 1. The van der Waals surface area contributed by atoms with Gasteiger partial charge in [-0.2, -0.15) is 4.68 Å². The van der Waals surface area contributed by atoms with Gasteiger partial charge in [-0.15, -0.1) is 16.4 Å². The molecule has 146 valence electrons. The summed E-state index contributed by atoms with van der Waals surface area (Å²) < 4.78 is 21.3. The molecular formula is C19H15FN6O2S. The Balaban J connectivity index is 1.45. The number of tetrazole rings is 1. The van der Waals surface area contributed by atoms with Gasteiger partial charge in [0.05, 0.1) is 22.6 Å². The Hall–Kier alpha value is -3.66. The van der Waals surface area contributed by atoms with Gasteiger partial charge in [0.25, 0.3) is 5.91 Å². The summed E-state index contributed by atoms with van der Waals surface area (Å²) in [5.41, 5.74) is 3.52. The van der Waals surface area contributed by atoms with E-state index in [0.717, 1.165) is 5.69 Å². The Morgan fingerprint density at radius 3 is 2.76 bits per heavy atom. The van der Waals surface area contributed by atoms with Gasteiger partial charge in [0.15, 0.2) is 5.82 Å². The quantitative estimate of drug-likeness (QED) is 0.524. The highest BCUT2D eigenvalue weighted by Gasteiger charge is 2.12. The first-order valence-corrected chi connectivity index (χ1v) is 9.50. The molecule has 0 bridgehead atoms. The fraction of sp³-hybridized carbons (Fsp3) is 0.105. The van der Waals surface area contributed by atoms with Crippen molar-refractivity contribution in [3.05, 3.63) is 76.3 Å². The number of nitrogens with one attached hydrogen (secondary N) is 1. The molecule has 0 aliphatic carbocycles. The lowest BCUT2D eigenvalue weighted by atomic mass is 10.2. The summed E-state index contributed by atoms with van der Waals surface area (Å²) in [6, 6.07) is 10.8. The number of thiazole rings is 1. The van der Waals surface area contributed by atoms with Crippen LogP contribution in [0.3, 0.4) is 0 Å². The Morgan fingerprint density at radius 2 is 2.07 bits per heavy atom. The summed E-state index contributed by atoms with van der Waals surface area (Å²) in [6.07, 6.45) is 0. The van der Waals surface area contributed by atoms with E-state index in [1.165, 1.54) is 34.2 Å². The Kier molecular flexibility index (Phi) is 5.25. The highest BCUT2D eigenvalue weighted by molar-refractivity contribution is 7.07. The second-order valence-electron chi connectivity index (χ2n) is 6.05. The van der Waals surface area contributed by atoms with Gasteiger partial charge in [-0.05, 0) is 59.8 Å². The topological polar surface area (TPSA) is 94.8 Å². The molecule has 0 radical (unpaired) electrons. The van der Waals surface area contributed by atoms with Crippen LogP contribution in [0.1, 0.15) is 21.9 Å². The van der Waals surface area contributed by atoms with E-state index >= 15 is 0 Å². The van der Waals surface area contributed by atoms with Crippen molar-refractivity contribution in [1.82, 2.24) is 25.2 Å². The predicted molar refractivity (Wildman–Crippen MR) is 105 cm³/mol. The van der Waals surface area contributed by atoms with Gasteiger partial charge in [0.2, 0.25) is 0 Å². The standard InChI is InChI=1S/C19H15FN6O2S/c1-12-23-24-25-26(12)15-4-7-17(20)18(8-15)22-19(27)13-2-5-16(6-3-13)28-9-14-10-29-11-21-14/h2-8,10-11H,9H2,1H3,(H,22,27). The molecule has 29 heavy (non-hydrogen) atoms. The molecule has 0 spiro atoms. The van der Waals surface area contributed by atoms with Crippen molar-refractivity contribution in [3.8, 4) is 11.4 Å². The van der Waals surface area contributed by atoms with Crippen LogP contribution in [0, 0.1) is 12.7 Å². The lowest BCUT2D eigenvalue weighted by molar-refractivity contribution is 0.102. The Bertz CT molecular complexity index is 1130. The van der Waals surface area contributed by atoms with Crippen LogP contribution in [-0.2, 0) is 6.61 Å². The third kappa shape index (κ3) is 4.27. The number of carbonyl (C=O) groups is 1. The van der Waals surface area contributed by atoms with Crippen molar-refractivity contribution >= 4 is 22.9 Å². The number of nitrogens with zero attached hydrogens (tertiary/aromatic N) is 5. The van der Waals surface area contributed by atoms with E-state index in [9.17, 15) is 9.18 Å². The van der Waals surface area contributed by atoms with Crippen LogP contribution in [0.25, 0.3) is 5.69 Å². The molecule has 0 unspecified atom stereocenters. The highest BCUT2D eigenvalue weighted by Crippen LogP contribution is 2.21. The molecule has 2 aromatic heterocycles. The monoisotopic (exact) mass is 410 g/mol. The minimum Gasteiger partial charge on any atom is -0.487 e. The van der Waals surface area contributed by atoms with Crippen molar-refractivity contribution in [1.29, 1.82) is 0 Å². The summed E-state index contributed by atoms with van der Waals surface area (Å²) in [4.78, 5) is 16.7. The zero-order chi connectivity index (χ0) is 20.2. The molecule has 2 aromatic carbocycles. The van der Waals surface area contributed by atoms with Crippen molar-refractivity contribution in [2.45, 2.75) is 13.5 Å². The summed E-state index contributed by atoms with van der Waals surface area (Å²) in [5, 5.41) is 15.7. The van der Waals surface area contributed by atoms with E-state index < -0.39 is 11.7 Å². The van der Waals surface area contributed by atoms with E-state index in [4.69, 9.17) is 4.74 Å². The lowest BCUT2D eigenvalue weighted by Crippen LogP contribution is -2.13. The molecule has 4 aromatic rings. The van der Waals surface area contributed by atoms with Crippen LogP contribution in [0.2, 0.25) is 0 Å². The van der Waals surface area contributed by atoms with Crippen LogP contribution in [0.15, 0.2) is 53.4 Å². The average Bonchev–Trinajstić information content (AvgIpc) is 3.40. The number of hydrogen-bond acceptors (Lipinski definition) is 7. The molecule has 4 rings (SSSR count). The lowest BCUT2D eigenvalue weighted by Gasteiger charge is -2.10. The number of hydrogen-bond donors (Lipinski definition) is 1. The van der Waals surface area contributed by atoms with E-state index in [0.29, 0.717) is 29.4 Å². The van der Waals surface area contributed by atoms with E-state index in [1.807, 2.05) is 5.38 Å². The molecule has 0 saturated carbocycles. The molecule has 2 heterocycles. The Morgan fingerprint density at radius 1 is 1.24 bits per heavy atom. The van der Waals surface area contributed by atoms with Crippen LogP contribution >= 0.6 is 11.3 Å². The number of rotatable bonds is 6. The Labute approximate surface area is 169 Å². The fourth-order valence-electron chi connectivity index (χ4n) is 2.57. The number of halogens is 1. The molecule has 0 atom stereocenters. The number of aryl methyl sites for hydroxylation is 1. The third-order valence-corrected chi connectivity index (χ3v) is 4.69. The van der Waals surface area contributed by atoms with Crippen molar-refractivity contribution in [3.63, 3.8) is 0 Å². The van der Waals surface area contributed by atoms with Gasteiger partial charge in [-0.3, -0.25) is 4.79 Å². The van der Waals surface area contributed by atoms with Gasteiger partial charge >= 0.3 is 0 Å². The van der Waals surface area contributed by atoms with Crippen molar-refractivity contribution in [2.24, 2.45) is 0 Å². The maximum Gasteiger partial charge on any atom is 0.255 e. The fourth-order valence-corrected chi connectivity index (χ4v) is 3.12. The van der Waals surface area contributed by atoms with E-state index in [1.54, 1.807) is 36.7 Å². The van der Waals surface area contributed by atoms with Crippen LogP contribution < -0.4 is 10.1 Å². The molecule has 0 aliphatic heterocycles. The average molecular weight is 410 g/mol. The number of aromatic nitrogens is 5. The molecular weight excluding hydrogens is 395 g/mol. The molecule has 0 fully saturated rings. The maximum absolute atomic E-state index is 14.2. The van der Waals surface area contributed by atoms with E-state index in [-0.39, 0.29) is 5.69 Å². The largest absolute Gasteiger partial charge is 0.487 e. The van der Waals surface area contributed by atoms with E-state index in [2.05, 4.69) is 25.8 Å². The van der Waals surface area contributed by atoms with Crippen molar-refractivity contribution in [2.75, 3.05) is 5.32 Å². The zero-order valence-corrected chi connectivity index (χ0v) is 16.1. The van der Waals surface area contributed by atoms with Crippen LogP contribution in [0.5, 0.6) is 5.75 Å². The SMILES string of the molecule is Cc1nnnn1-c1ccc(F)c(NC(=O)c2ccc(OCc3cscn3)cc2)c1. The van der Waals surface area contributed by atoms with Gasteiger partial charge in [0, 0.05) is 10.9 Å². The first-order valence-electron chi connectivity index (χ1n) is 8.56. The smallest absolute Gasteiger partial charge is 0.255 e. The third-order valence-electron chi connectivity index (χ3n) is 4.05. The summed E-state index contributed by atoms with van der Waals surface area (Å²) in [6.45, 7) is 2.07. The second kappa shape index (κ2) is 8.15. The van der Waals surface area contributed by atoms with Gasteiger partial charge in [-0.25, -0.2) is 9.37 Å². The van der Waals surface area contributed by atoms with Gasteiger partial charge in [0.1, 0.15) is 18.2 Å².